The van der Waals surface area contributed by atoms with Gasteiger partial charge in [-0.3, -0.25) is 14.6 Å². The zero-order valence-electron chi connectivity index (χ0n) is 11.5. The SMILES string of the molecule is O=C(CNC(=O)c1cccc(Cl)c1)N/N=C/c1ccncc1. The van der Waals surface area contributed by atoms with Crippen LogP contribution in [0.3, 0.4) is 0 Å². The average molecular weight is 317 g/mol. The van der Waals surface area contributed by atoms with Crippen LogP contribution in [0.2, 0.25) is 5.02 Å². The van der Waals surface area contributed by atoms with Crippen molar-refractivity contribution in [3.8, 4) is 0 Å². The Labute approximate surface area is 132 Å². The number of hydrogen-bond donors (Lipinski definition) is 2. The highest BCUT2D eigenvalue weighted by molar-refractivity contribution is 6.30. The van der Waals surface area contributed by atoms with Gasteiger partial charge >= 0.3 is 0 Å². The lowest BCUT2D eigenvalue weighted by atomic mass is 10.2. The van der Waals surface area contributed by atoms with Gasteiger partial charge in [-0.05, 0) is 35.9 Å². The van der Waals surface area contributed by atoms with E-state index in [1.807, 2.05) is 0 Å². The van der Waals surface area contributed by atoms with Gasteiger partial charge in [0.05, 0.1) is 12.8 Å². The number of hydrogen-bond acceptors (Lipinski definition) is 4. The minimum atomic E-state index is -0.430. The Bertz CT molecular complexity index is 689. The molecule has 2 N–H and O–H groups in total. The van der Waals surface area contributed by atoms with Crippen LogP contribution >= 0.6 is 11.6 Å². The third-order valence-corrected chi connectivity index (χ3v) is 2.84. The van der Waals surface area contributed by atoms with Crippen LogP contribution in [0, 0.1) is 0 Å². The summed E-state index contributed by atoms with van der Waals surface area (Å²) in [5, 5.41) is 6.72. The van der Waals surface area contributed by atoms with Gasteiger partial charge < -0.3 is 5.32 Å². The summed E-state index contributed by atoms with van der Waals surface area (Å²) in [5.74, 6) is -0.809. The van der Waals surface area contributed by atoms with Gasteiger partial charge in [0.15, 0.2) is 0 Å². The molecule has 0 bridgehead atoms. The Hall–Kier alpha value is -2.73. The van der Waals surface area contributed by atoms with Gasteiger partial charge in [0.1, 0.15) is 0 Å². The fourth-order valence-corrected chi connectivity index (χ4v) is 1.75. The molecule has 6 nitrogen and oxygen atoms in total. The van der Waals surface area contributed by atoms with Crippen molar-refractivity contribution in [3.63, 3.8) is 0 Å². The summed E-state index contributed by atoms with van der Waals surface area (Å²) < 4.78 is 0. The van der Waals surface area contributed by atoms with E-state index in [0.717, 1.165) is 5.56 Å². The molecule has 0 unspecified atom stereocenters. The second-order valence-corrected chi connectivity index (χ2v) is 4.70. The molecule has 1 heterocycles. The third kappa shape index (κ3) is 4.99. The molecule has 112 valence electrons. The summed E-state index contributed by atoms with van der Waals surface area (Å²) in [6.07, 6.45) is 4.72. The molecule has 0 aliphatic heterocycles. The first kappa shape index (κ1) is 15.7. The molecular formula is C15H13ClN4O2. The fraction of sp³-hybridized carbons (Fsp3) is 0.0667. The number of hydrazone groups is 1. The van der Waals surface area contributed by atoms with Crippen LogP contribution in [0.1, 0.15) is 15.9 Å². The smallest absolute Gasteiger partial charge is 0.259 e. The molecule has 2 amide bonds. The molecule has 0 saturated carbocycles. The normalized spacial score (nSPS) is 10.4. The largest absolute Gasteiger partial charge is 0.343 e. The van der Waals surface area contributed by atoms with E-state index >= 15 is 0 Å². The summed E-state index contributed by atoms with van der Waals surface area (Å²) in [7, 11) is 0. The molecule has 0 atom stereocenters. The average Bonchev–Trinajstić information content (AvgIpc) is 2.53. The number of aromatic nitrogens is 1. The Balaban J connectivity index is 1.78. The van der Waals surface area contributed by atoms with Crippen LogP contribution in [-0.2, 0) is 4.79 Å². The summed E-state index contributed by atoms with van der Waals surface area (Å²) in [5.41, 5.74) is 3.51. The van der Waals surface area contributed by atoms with Crippen molar-refractivity contribution < 1.29 is 9.59 Å². The van der Waals surface area contributed by atoms with Crippen LogP contribution < -0.4 is 10.7 Å². The van der Waals surface area contributed by atoms with Crippen molar-refractivity contribution in [2.75, 3.05) is 6.54 Å². The minimum Gasteiger partial charge on any atom is -0.343 e. The number of benzene rings is 1. The van der Waals surface area contributed by atoms with Crippen molar-refractivity contribution in [1.29, 1.82) is 0 Å². The molecule has 0 aliphatic carbocycles. The lowest BCUT2D eigenvalue weighted by molar-refractivity contribution is -0.120. The lowest BCUT2D eigenvalue weighted by Crippen LogP contribution is -2.34. The first-order chi connectivity index (χ1) is 10.6. The Kier molecular flexibility index (Phi) is 5.62. The van der Waals surface area contributed by atoms with Crippen molar-refractivity contribution in [1.82, 2.24) is 15.7 Å². The van der Waals surface area contributed by atoms with E-state index in [4.69, 9.17) is 11.6 Å². The number of nitrogens with one attached hydrogen (secondary N) is 2. The molecule has 0 spiro atoms. The van der Waals surface area contributed by atoms with E-state index in [2.05, 4.69) is 20.8 Å². The van der Waals surface area contributed by atoms with E-state index < -0.39 is 5.91 Å². The maximum Gasteiger partial charge on any atom is 0.259 e. The second kappa shape index (κ2) is 7.90. The van der Waals surface area contributed by atoms with Crippen molar-refractivity contribution in [2.45, 2.75) is 0 Å². The van der Waals surface area contributed by atoms with Crippen LogP contribution in [0.4, 0.5) is 0 Å². The van der Waals surface area contributed by atoms with E-state index in [-0.39, 0.29) is 12.5 Å². The topological polar surface area (TPSA) is 83.5 Å². The maximum absolute atomic E-state index is 11.8. The highest BCUT2D eigenvalue weighted by Gasteiger charge is 2.07. The number of pyridine rings is 1. The molecule has 2 aromatic rings. The lowest BCUT2D eigenvalue weighted by Gasteiger charge is -2.04. The summed E-state index contributed by atoms with van der Waals surface area (Å²) in [6.45, 7) is -0.182. The van der Waals surface area contributed by atoms with Gasteiger partial charge in [-0.2, -0.15) is 5.10 Å². The molecule has 0 saturated heterocycles. The predicted molar refractivity (Wildman–Crippen MR) is 83.8 cm³/mol. The van der Waals surface area contributed by atoms with Gasteiger partial charge in [-0.25, -0.2) is 5.43 Å². The number of rotatable bonds is 5. The quantitative estimate of drug-likeness (QED) is 0.649. The van der Waals surface area contributed by atoms with Crippen molar-refractivity contribution >= 4 is 29.6 Å². The molecule has 2 rings (SSSR count). The first-order valence-electron chi connectivity index (χ1n) is 6.41. The van der Waals surface area contributed by atoms with Crippen LogP contribution in [-0.4, -0.2) is 29.6 Å². The first-order valence-corrected chi connectivity index (χ1v) is 6.78. The maximum atomic E-state index is 11.8. The second-order valence-electron chi connectivity index (χ2n) is 4.27. The summed E-state index contributed by atoms with van der Waals surface area (Å²) in [4.78, 5) is 27.2. The van der Waals surface area contributed by atoms with E-state index in [1.165, 1.54) is 12.3 Å². The molecule has 1 aromatic heterocycles. The van der Waals surface area contributed by atoms with Crippen molar-refractivity contribution in [2.24, 2.45) is 5.10 Å². The molecule has 1 aromatic carbocycles. The number of nitrogens with zero attached hydrogens (tertiary/aromatic N) is 2. The molecule has 0 aliphatic rings. The highest BCUT2D eigenvalue weighted by Crippen LogP contribution is 2.10. The van der Waals surface area contributed by atoms with E-state index in [0.29, 0.717) is 10.6 Å². The van der Waals surface area contributed by atoms with Gasteiger partial charge in [-0.1, -0.05) is 17.7 Å². The van der Waals surface area contributed by atoms with Crippen LogP contribution in [0.15, 0.2) is 53.9 Å². The molecular weight excluding hydrogens is 304 g/mol. The number of carbonyl (C=O) groups is 2. The van der Waals surface area contributed by atoms with E-state index in [1.54, 1.807) is 42.7 Å². The molecule has 0 fully saturated rings. The molecule has 22 heavy (non-hydrogen) atoms. The minimum absolute atomic E-state index is 0.182. The number of halogens is 1. The monoisotopic (exact) mass is 316 g/mol. The Morgan fingerprint density at radius 1 is 1.23 bits per heavy atom. The van der Waals surface area contributed by atoms with Crippen molar-refractivity contribution in [3.05, 3.63) is 64.9 Å². The summed E-state index contributed by atoms with van der Waals surface area (Å²) in [6, 6.07) is 9.96. The van der Waals surface area contributed by atoms with Gasteiger partial charge in [0.2, 0.25) is 0 Å². The number of carbonyl (C=O) groups excluding carboxylic acids is 2. The standard InChI is InChI=1S/C15H13ClN4O2/c16-13-3-1-2-12(8-13)15(22)18-10-14(21)20-19-9-11-4-6-17-7-5-11/h1-9H,10H2,(H,18,22)(H,20,21)/b19-9+. The predicted octanol–water partition coefficient (Wildman–Crippen LogP) is 1.62. The summed E-state index contributed by atoms with van der Waals surface area (Å²) >= 11 is 5.80. The van der Waals surface area contributed by atoms with Gasteiger partial charge in [0.25, 0.3) is 11.8 Å². The van der Waals surface area contributed by atoms with Crippen LogP contribution in [0.25, 0.3) is 0 Å². The van der Waals surface area contributed by atoms with Gasteiger partial charge in [-0.15, -0.1) is 0 Å². The van der Waals surface area contributed by atoms with E-state index in [9.17, 15) is 9.59 Å². The fourth-order valence-electron chi connectivity index (χ4n) is 1.56. The zero-order valence-corrected chi connectivity index (χ0v) is 12.2. The third-order valence-electron chi connectivity index (χ3n) is 2.61. The molecule has 7 heteroatoms. The van der Waals surface area contributed by atoms with Gasteiger partial charge in [0, 0.05) is 23.0 Å². The Morgan fingerprint density at radius 3 is 2.73 bits per heavy atom. The Morgan fingerprint density at radius 2 is 2.00 bits per heavy atom. The number of amides is 2. The zero-order chi connectivity index (χ0) is 15.8. The molecule has 0 radical (unpaired) electrons. The van der Waals surface area contributed by atoms with Crippen LogP contribution in [0.5, 0.6) is 0 Å². The highest BCUT2D eigenvalue weighted by atomic mass is 35.5.